The van der Waals surface area contributed by atoms with Crippen LogP contribution in [0.4, 0.5) is 11.4 Å². The number of carbonyl (C=O) groups excluding carboxylic acids is 1. The zero-order valence-corrected chi connectivity index (χ0v) is 23.5. The first kappa shape index (κ1) is 28.1. The third-order valence-corrected chi connectivity index (χ3v) is 9.99. The van der Waals surface area contributed by atoms with Gasteiger partial charge in [-0.2, -0.15) is 0 Å². The molecule has 0 saturated carbocycles. The number of amides is 1. The molecule has 0 atom stereocenters. The standard InChI is InChI=1S/C27H30ClN3O5S2/c1-19-4-3-5-21(16-19)18-37(33,34)31-14-12-22(13-15-31)27(32)29-24-8-10-25(11-9-24)38(35,36)30-26-17-23(28)7-6-20(26)2/h3-11,16-17,22,30H,12-15,18H2,1-2H3,(H,29,32). The number of anilines is 2. The molecule has 1 fully saturated rings. The van der Waals surface area contributed by atoms with Crippen molar-refractivity contribution in [1.82, 2.24) is 4.31 Å². The van der Waals surface area contributed by atoms with Gasteiger partial charge >= 0.3 is 0 Å². The minimum Gasteiger partial charge on any atom is -0.326 e. The monoisotopic (exact) mass is 575 g/mol. The normalized spacial score (nSPS) is 15.2. The van der Waals surface area contributed by atoms with Crippen molar-refractivity contribution in [3.05, 3.63) is 88.4 Å². The number of halogens is 1. The number of carbonyl (C=O) groups is 1. The summed E-state index contributed by atoms with van der Waals surface area (Å²) in [6, 6.07) is 18.3. The first-order valence-electron chi connectivity index (χ1n) is 12.2. The molecule has 0 radical (unpaired) electrons. The fourth-order valence-corrected chi connectivity index (χ4v) is 7.21. The quantitative estimate of drug-likeness (QED) is 0.395. The Hall–Kier alpha value is -2.92. The third kappa shape index (κ3) is 6.93. The fraction of sp³-hybridized carbons (Fsp3) is 0.296. The predicted octanol–water partition coefficient (Wildman–Crippen LogP) is 4.94. The molecule has 38 heavy (non-hydrogen) atoms. The van der Waals surface area contributed by atoms with Gasteiger partial charge in [-0.05, 0) is 74.2 Å². The van der Waals surface area contributed by atoms with E-state index in [1.807, 2.05) is 25.1 Å². The SMILES string of the molecule is Cc1cccc(CS(=O)(=O)N2CCC(C(=O)Nc3ccc(S(=O)(=O)Nc4cc(Cl)ccc4C)cc3)CC2)c1. The van der Waals surface area contributed by atoms with Crippen molar-refractivity contribution in [2.24, 2.45) is 5.92 Å². The van der Waals surface area contributed by atoms with E-state index in [2.05, 4.69) is 10.0 Å². The molecule has 0 bridgehead atoms. The summed E-state index contributed by atoms with van der Waals surface area (Å²) in [6.07, 6.45) is 0.822. The molecule has 4 rings (SSSR count). The summed E-state index contributed by atoms with van der Waals surface area (Å²) in [6.45, 7) is 4.25. The largest absolute Gasteiger partial charge is 0.326 e. The Morgan fingerprint density at radius 2 is 1.63 bits per heavy atom. The Bertz CT molecular complexity index is 1530. The molecule has 2 N–H and O–H groups in total. The molecule has 202 valence electrons. The van der Waals surface area contributed by atoms with Crippen LogP contribution < -0.4 is 10.0 Å². The number of hydrogen-bond acceptors (Lipinski definition) is 5. The number of hydrogen-bond donors (Lipinski definition) is 2. The van der Waals surface area contributed by atoms with Crippen LogP contribution in [0, 0.1) is 19.8 Å². The molecule has 0 aliphatic carbocycles. The van der Waals surface area contributed by atoms with Crippen molar-refractivity contribution >= 4 is 48.9 Å². The number of sulfonamides is 2. The van der Waals surface area contributed by atoms with Crippen molar-refractivity contribution in [3.63, 3.8) is 0 Å². The zero-order chi connectivity index (χ0) is 27.5. The van der Waals surface area contributed by atoms with Gasteiger partial charge < -0.3 is 5.32 Å². The van der Waals surface area contributed by atoms with Crippen LogP contribution in [0.3, 0.4) is 0 Å². The second-order valence-electron chi connectivity index (χ2n) is 9.50. The summed E-state index contributed by atoms with van der Waals surface area (Å²) < 4.78 is 55.3. The van der Waals surface area contributed by atoms with Crippen LogP contribution in [0.2, 0.25) is 5.02 Å². The Morgan fingerprint density at radius 1 is 0.947 bits per heavy atom. The molecule has 0 aromatic heterocycles. The van der Waals surface area contributed by atoms with Gasteiger partial charge in [-0.15, -0.1) is 0 Å². The average Bonchev–Trinajstić information content (AvgIpc) is 2.86. The molecular weight excluding hydrogens is 546 g/mol. The van der Waals surface area contributed by atoms with Crippen LogP contribution in [0.1, 0.15) is 29.5 Å². The molecule has 1 amide bonds. The zero-order valence-electron chi connectivity index (χ0n) is 21.1. The second-order valence-corrected chi connectivity index (χ2v) is 13.6. The molecule has 8 nitrogen and oxygen atoms in total. The fourth-order valence-electron chi connectivity index (χ4n) is 4.37. The van der Waals surface area contributed by atoms with E-state index < -0.39 is 20.0 Å². The summed E-state index contributed by atoms with van der Waals surface area (Å²) >= 11 is 5.99. The van der Waals surface area contributed by atoms with Crippen molar-refractivity contribution < 1.29 is 21.6 Å². The minimum atomic E-state index is -3.85. The number of piperidine rings is 1. The maximum absolute atomic E-state index is 12.9. The van der Waals surface area contributed by atoms with E-state index in [9.17, 15) is 21.6 Å². The number of nitrogens with zero attached hydrogens (tertiary/aromatic N) is 1. The summed E-state index contributed by atoms with van der Waals surface area (Å²) in [5.41, 5.74) is 3.33. The van der Waals surface area contributed by atoms with Crippen molar-refractivity contribution in [3.8, 4) is 0 Å². The Kier molecular flexibility index (Phi) is 8.46. The van der Waals surface area contributed by atoms with Crippen molar-refractivity contribution in [1.29, 1.82) is 0 Å². The molecular formula is C27H30ClN3O5S2. The van der Waals surface area contributed by atoms with E-state index in [-0.39, 0.29) is 35.6 Å². The summed E-state index contributed by atoms with van der Waals surface area (Å²) in [5, 5.41) is 3.23. The first-order valence-corrected chi connectivity index (χ1v) is 15.6. The molecule has 3 aromatic rings. The summed E-state index contributed by atoms with van der Waals surface area (Å²) in [5.74, 6) is -0.618. The molecule has 1 saturated heterocycles. The Morgan fingerprint density at radius 3 is 2.29 bits per heavy atom. The van der Waals surface area contributed by atoms with Crippen LogP contribution >= 0.6 is 11.6 Å². The number of nitrogens with one attached hydrogen (secondary N) is 2. The van der Waals surface area contributed by atoms with E-state index in [1.165, 1.54) is 28.6 Å². The molecule has 1 heterocycles. The summed E-state index contributed by atoms with van der Waals surface area (Å²) in [4.78, 5) is 12.9. The highest BCUT2D eigenvalue weighted by molar-refractivity contribution is 7.92. The molecule has 3 aromatic carbocycles. The lowest BCUT2D eigenvalue weighted by Crippen LogP contribution is -2.41. The third-order valence-electron chi connectivity index (χ3n) is 6.53. The Balaban J connectivity index is 1.33. The van der Waals surface area contributed by atoms with Crippen molar-refractivity contribution in [2.45, 2.75) is 37.3 Å². The van der Waals surface area contributed by atoms with Crippen LogP contribution in [0.5, 0.6) is 0 Å². The van der Waals surface area contributed by atoms with E-state index >= 15 is 0 Å². The lowest BCUT2D eigenvalue weighted by Gasteiger charge is -2.30. The number of benzene rings is 3. The molecule has 0 spiro atoms. The Labute approximate surface area is 229 Å². The van der Waals surface area contributed by atoms with E-state index in [0.29, 0.717) is 29.2 Å². The van der Waals surface area contributed by atoms with Gasteiger partial charge in [0.15, 0.2) is 0 Å². The smallest absolute Gasteiger partial charge is 0.261 e. The maximum Gasteiger partial charge on any atom is 0.261 e. The first-order chi connectivity index (χ1) is 17.9. The van der Waals surface area contributed by atoms with E-state index in [4.69, 9.17) is 11.6 Å². The summed E-state index contributed by atoms with van der Waals surface area (Å²) in [7, 11) is -7.32. The highest BCUT2D eigenvalue weighted by Crippen LogP contribution is 2.26. The predicted molar refractivity (Wildman–Crippen MR) is 150 cm³/mol. The van der Waals surface area contributed by atoms with Gasteiger partial charge in [0.25, 0.3) is 10.0 Å². The van der Waals surface area contributed by atoms with Crippen molar-refractivity contribution in [2.75, 3.05) is 23.1 Å². The van der Waals surface area contributed by atoms with Crippen LogP contribution in [0.25, 0.3) is 0 Å². The van der Waals surface area contributed by atoms with E-state index in [1.54, 1.807) is 31.2 Å². The van der Waals surface area contributed by atoms with Crippen LogP contribution in [-0.2, 0) is 30.6 Å². The highest BCUT2D eigenvalue weighted by atomic mass is 35.5. The lowest BCUT2D eigenvalue weighted by atomic mass is 9.97. The van der Waals surface area contributed by atoms with Gasteiger partial charge in [0.1, 0.15) is 0 Å². The highest BCUT2D eigenvalue weighted by Gasteiger charge is 2.31. The molecule has 1 aliphatic rings. The molecule has 1 aliphatic heterocycles. The number of aryl methyl sites for hydroxylation is 2. The van der Waals surface area contributed by atoms with Gasteiger partial charge in [-0.3, -0.25) is 9.52 Å². The topological polar surface area (TPSA) is 113 Å². The molecule has 0 unspecified atom stereocenters. The molecule has 11 heteroatoms. The van der Waals surface area contributed by atoms with Crippen LogP contribution in [0.15, 0.2) is 71.6 Å². The number of rotatable bonds is 8. The minimum absolute atomic E-state index is 0.0435. The van der Waals surface area contributed by atoms with E-state index in [0.717, 1.165) is 16.7 Å². The van der Waals surface area contributed by atoms with Crippen LogP contribution in [-0.4, -0.2) is 40.1 Å². The van der Waals surface area contributed by atoms with Gasteiger partial charge in [0.05, 0.1) is 16.3 Å². The lowest BCUT2D eigenvalue weighted by molar-refractivity contribution is -0.120. The maximum atomic E-state index is 12.9. The van der Waals surface area contributed by atoms with Gasteiger partial charge in [0.2, 0.25) is 15.9 Å². The average molecular weight is 576 g/mol. The van der Waals surface area contributed by atoms with Gasteiger partial charge in [-0.1, -0.05) is 47.5 Å². The van der Waals surface area contributed by atoms with Gasteiger partial charge in [0, 0.05) is 29.7 Å². The van der Waals surface area contributed by atoms with Gasteiger partial charge in [-0.25, -0.2) is 21.1 Å². The second kappa shape index (κ2) is 11.4.